The number of unbranched alkanes of at least 4 members (excludes halogenated alkanes) is 22. The Hall–Kier alpha value is -0.185. The second-order valence-electron chi connectivity index (χ2n) is 11.5. The molecule has 0 N–H and O–H groups in total. The number of ether oxygens (including phenoxy) is 1. The normalized spacial score (nSPS) is 11.1. The van der Waals surface area contributed by atoms with Crippen molar-refractivity contribution < 1.29 is 14.3 Å². The molecule has 0 radical (unpaired) electrons. The average molecular weight is 563 g/mol. The quantitative estimate of drug-likeness (QED) is 0.0287. The fourth-order valence-corrected chi connectivity index (χ4v) is 4.91. The van der Waals surface area contributed by atoms with Crippen molar-refractivity contribution in [2.24, 2.45) is 0 Å². The summed E-state index contributed by atoms with van der Waals surface area (Å²) in [4.78, 5) is 23.8. The maximum atomic E-state index is 11.9. The Morgan fingerprint density at radius 2 is 0.634 bits per heavy atom. The predicted octanol–water partition coefficient (Wildman–Crippen LogP) is 10.8. The minimum absolute atomic E-state index is 0. The first kappa shape index (κ1) is 45.2. The Morgan fingerprint density at radius 3 is 0.927 bits per heavy atom. The number of allylic oxidation sites excluding steroid dienone is 4. The van der Waals surface area contributed by atoms with Crippen LogP contribution in [0.25, 0.3) is 0 Å². The van der Waals surface area contributed by atoms with Gasteiger partial charge in [0.05, 0.1) is 0 Å². The number of hydrogen-bond donors (Lipinski definition) is 0. The van der Waals surface area contributed by atoms with Crippen molar-refractivity contribution >= 4 is 49.7 Å². The SMILES string of the molecule is CCCCCCCC/C=C\CCCCCCCC(=O)OC(=O)CCCCCCC/C=C\CCCCCCCC.[LiH].[LiH]. The van der Waals surface area contributed by atoms with Crippen LogP contribution in [0.3, 0.4) is 0 Å². The summed E-state index contributed by atoms with van der Waals surface area (Å²) < 4.78 is 4.99. The number of carbonyl (C=O) groups excluding carboxylic acids is 2. The van der Waals surface area contributed by atoms with Crippen molar-refractivity contribution in [3.8, 4) is 0 Å². The summed E-state index contributed by atoms with van der Waals surface area (Å²) in [6, 6.07) is 0. The van der Waals surface area contributed by atoms with Gasteiger partial charge in [0.25, 0.3) is 0 Å². The second-order valence-corrected chi connectivity index (χ2v) is 11.5. The van der Waals surface area contributed by atoms with Crippen LogP contribution in [-0.4, -0.2) is 49.7 Å². The minimum atomic E-state index is -0.342. The molecular weight excluding hydrogens is 494 g/mol. The van der Waals surface area contributed by atoms with Gasteiger partial charge < -0.3 is 4.74 Å². The first-order valence-corrected chi connectivity index (χ1v) is 17.2. The average Bonchev–Trinajstić information content (AvgIpc) is 2.93. The van der Waals surface area contributed by atoms with E-state index in [1.165, 1.54) is 128 Å². The van der Waals surface area contributed by atoms with Gasteiger partial charge in [-0.1, -0.05) is 141 Å². The monoisotopic (exact) mass is 563 g/mol. The Morgan fingerprint density at radius 1 is 0.390 bits per heavy atom. The van der Waals surface area contributed by atoms with Crippen molar-refractivity contribution in [2.75, 3.05) is 0 Å². The van der Waals surface area contributed by atoms with Crippen LogP contribution in [0.2, 0.25) is 0 Å². The zero-order chi connectivity index (χ0) is 28.5. The van der Waals surface area contributed by atoms with E-state index >= 15 is 0 Å². The van der Waals surface area contributed by atoms with Gasteiger partial charge in [0.1, 0.15) is 0 Å². The van der Waals surface area contributed by atoms with E-state index in [-0.39, 0.29) is 49.7 Å². The third-order valence-corrected chi connectivity index (χ3v) is 7.51. The molecule has 3 nitrogen and oxygen atoms in total. The summed E-state index contributed by atoms with van der Waals surface area (Å²) >= 11 is 0. The topological polar surface area (TPSA) is 43.4 Å². The summed E-state index contributed by atoms with van der Waals surface area (Å²) in [6.45, 7) is 4.53. The fourth-order valence-electron chi connectivity index (χ4n) is 4.91. The summed E-state index contributed by atoms with van der Waals surface area (Å²) in [7, 11) is 0. The van der Waals surface area contributed by atoms with E-state index in [2.05, 4.69) is 38.2 Å². The fraction of sp³-hybridized carbons (Fsp3) is 0.833. The number of esters is 2. The third kappa shape index (κ3) is 39.8. The van der Waals surface area contributed by atoms with Crippen LogP contribution < -0.4 is 0 Å². The van der Waals surface area contributed by atoms with E-state index in [4.69, 9.17) is 4.74 Å². The van der Waals surface area contributed by atoms with Crippen molar-refractivity contribution in [1.29, 1.82) is 0 Å². The van der Waals surface area contributed by atoms with E-state index in [9.17, 15) is 9.59 Å². The molecule has 0 aliphatic rings. The first-order chi connectivity index (χ1) is 19.2. The summed E-state index contributed by atoms with van der Waals surface area (Å²) in [5.74, 6) is -0.684. The molecule has 0 unspecified atom stereocenters. The number of hydrogen-bond acceptors (Lipinski definition) is 3. The van der Waals surface area contributed by atoms with Gasteiger partial charge in [-0.3, -0.25) is 9.59 Å². The van der Waals surface area contributed by atoms with E-state index in [1.807, 2.05) is 0 Å². The molecule has 0 aliphatic heterocycles. The molecule has 232 valence electrons. The number of rotatable bonds is 30. The van der Waals surface area contributed by atoms with Crippen LogP contribution in [-0.2, 0) is 14.3 Å². The molecule has 0 amide bonds. The summed E-state index contributed by atoms with van der Waals surface area (Å²) in [6.07, 6.45) is 42.2. The Kier molecular flexibility index (Phi) is 43.9. The van der Waals surface area contributed by atoms with Gasteiger partial charge in [-0.25, -0.2) is 0 Å². The molecule has 0 aliphatic carbocycles. The Labute approximate surface area is 280 Å². The second kappa shape index (κ2) is 39.8. The molecule has 0 rings (SSSR count). The van der Waals surface area contributed by atoms with Gasteiger partial charge in [-0.05, 0) is 64.2 Å². The van der Waals surface area contributed by atoms with Crippen LogP contribution >= 0.6 is 0 Å². The van der Waals surface area contributed by atoms with Gasteiger partial charge in [-0.15, -0.1) is 0 Å². The molecule has 0 fully saturated rings. The Balaban J connectivity index is -0.00000722. The molecular formula is C36H68Li2O3. The molecule has 0 aromatic rings. The van der Waals surface area contributed by atoms with Crippen LogP contribution in [0, 0.1) is 0 Å². The van der Waals surface area contributed by atoms with Crippen molar-refractivity contribution in [3.05, 3.63) is 24.3 Å². The van der Waals surface area contributed by atoms with Gasteiger partial charge in [0.15, 0.2) is 0 Å². The molecule has 41 heavy (non-hydrogen) atoms. The molecule has 0 heterocycles. The van der Waals surface area contributed by atoms with Crippen LogP contribution in [0.4, 0.5) is 0 Å². The predicted molar refractivity (Wildman–Crippen MR) is 184 cm³/mol. The van der Waals surface area contributed by atoms with Gasteiger partial charge in [0, 0.05) is 12.8 Å². The molecule has 0 saturated heterocycles. The number of carbonyl (C=O) groups is 2. The molecule has 0 aromatic heterocycles. The summed E-state index contributed by atoms with van der Waals surface area (Å²) in [5.41, 5.74) is 0. The van der Waals surface area contributed by atoms with Crippen LogP contribution in [0.1, 0.15) is 194 Å². The molecule has 0 aromatic carbocycles. The molecule has 0 atom stereocenters. The van der Waals surface area contributed by atoms with E-state index in [1.54, 1.807) is 0 Å². The first-order valence-electron chi connectivity index (χ1n) is 17.2. The molecule has 0 bridgehead atoms. The van der Waals surface area contributed by atoms with Crippen molar-refractivity contribution in [3.63, 3.8) is 0 Å². The van der Waals surface area contributed by atoms with Gasteiger partial charge in [-0.2, -0.15) is 0 Å². The maximum absolute atomic E-state index is 11.9. The molecule has 5 heteroatoms. The van der Waals surface area contributed by atoms with E-state index in [0.717, 1.165) is 38.5 Å². The van der Waals surface area contributed by atoms with E-state index in [0.29, 0.717) is 12.8 Å². The van der Waals surface area contributed by atoms with Crippen molar-refractivity contribution in [1.82, 2.24) is 0 Å². The zero-order valence-corrected chi connectivity index (χ0v) is 26.3. The van der Waals surface area contributed by atoms with Gasteiger partial charge in [0.2, 0.25) is 0 Å². The van der Waals surface area contributed by atoms with Crippen molar-refractivity contribution in [2.45, 2.75) is 194 Å². The third-order valence-electron chi connectivity index (χ3n) is 7.51. The van der Waals surface area contributed by atoms with Crippen LogP contribution in [0.5, 0.6) is 0 Å². The molecule has 0 spiro atoms. The zero-order valence-electron chi connectivity index (χ0n) is 26.3. The Bertz CT molecular complexity index is 539. The van der Waals surface area contributed by atoms with Gasteiger partial charge >= 0.3 is 49.7 Å². The summed E-state index contributed by atoms with van der Waals surface area (Å²) in [5, 5.41) is 0. The van der Waals surface area contributed by atoms with Crippen LogP contribution in [0.15, 0.2) is 24.3 Å². The standard InChI is InChI=1S/C36H66O3.2Li.2H/c1-3-5-7-9-11-13-15-17-19-21-23-25-27-29-31-33-35(37)39-36(38)34-32-30-28-26-24-22-20-18-16-14-12-10-8-6-4-2;;;;/h17-20H,3-16,21-34H2,1-2H3;;;;/b19-17-,20-18-;;;;. The molecule has 0 saturated carbocycles. The van der Waals surface area contributed by atoms with E-state index < -0.39 is 0 Å².